The molecule has 3 rings (SSSR count). The van der Waals surface area contributed by atoms with Crippen molar-refractivity contribution in [3.8, 4) is 11.5 Å². The summed E-state index contributed by atoms with van der Waals surface area (Å²) in [6, 6.07) is 11.8. The molecule has 35 heavy (non-hydrogen) atoms. The van der Waals surface area contributed by atoms with Crippen molar-refractivity contribution in [1.82, 2.24) is 14.8 Å². The van der Waals surface area contributed by atoms with Gasteiger partial charge < -0.3 is 14.5 Å². The molecular formula is C29H43N3O3. The first-order valence-corrected chi connectivity index (χ1v) is 13.4. The van der Waals surface area contributed by atoms with Gasteiger partial charge in [0, 0.05) is 24.5 Å². The predicted octanol–water partition coefficient (Wildman–Crippen LogP) is 5.68. The van der Waals surface area contributed by atoms with Crippen molar-refractivity contribution in [1.29, 1.82) is 0 Å². The summed E-state index contributed by atoms with van der Waals surface area (Å²) in [7, 11) is 0. The minimum Gasteiger partial charge on any atom is -0.492 e. The number of rotatable bonds is 16. The first-order valence-electron chi connectivity index (χ1n) is 13.4. The molecule has 0 amide bonds. The normalized spacial score (nSPS) is 11.7. The molecule has 0 fully saturated rings. The third-order valence-electron chi connectivity index (χ3n) is 6.28. The zero-order valence-corrected chi connectivity index (χ0v) is 22.1. The Balaban J connectivity index is 1.69. The van der Waals surface area contributed by atoms with Crippen LogP contribution in [0.15, 0.2) is 41.2 Å². The molecule has 6 heteroatoms. The molecule has 2 aromatic carbocycles. The Morgan fingerprint density at radius 2 is 1.11 bits per heavy atom. The molecule has 0 atom stereocenters. The number of aromatic amines is 1. The predicted molar refractivity (Wildman–Crippen MR) is 147 cm³/mol. The van der Waals surface area contributed by atoms with Crippen LogP contribution in [-0.4, -0.2) is 67.3 Å². The molecule has 0 radical (unpaired) electrons. The third-order valence-corrected chi connectivity index (χ3v) is 6.28. The molecule has 0 bridgehead atoms. The lowest BCUT2D eigenvalue weighted by Gasteiger charge is -2.21. The molecule has 0 unspecified atom stereocenters. The van der Waals surface area contributed by atoms with Crippen molar-refractivity contribution in [3.05, 3.63) is 46.8 Å². The Bertz CT molecular complexity index is 1100. The first kappa shape index (κ1) is 27.0. The van der Waals surface area contributed by atoms with Crippen LogP contribution in [0.4, 0.5) is 0 Å². The summed E-state index contributed by atoms with van der Waals surface area (Å²) in [4.78, 5) is 20.8. The molecule has 0 saturated carbocycles. The molecule has 0 saturated heterocycles. The van der Waals surface area contributed by atoms with E-state index in [1.165, 1.54) is 0 Å². The van der Waals surface area contributed by atoms with Gasteiger partial charge in [0.2, 0.25) is 0 Å². The van der Waals surface area contributed by atoms with Gasteiger partial charge >= 0.3 is 0 Å². The average molecular weight is 482 g/mol. The summed E-state index contributed by atoms with van der Waals surface area (Å²) in [5.41, 5.74) is 0.688. The summed E-state index contributed by atoms with van der Waals surface area (Å²) in [6.45, 7) is 16.2. The summed E-state index contributed by atoms with van der Waals surface area (Å²) in [5.74, 6) is 1.52. The van der Waals surface area contributed by atoms with Crippen molar-refractivity contribution >= 4 is 21.7 Å². The van der Waals surface area contributed by atoms with Gasteiger partial charge in [-0.1, -0.05) is 27.7 Å². The lowest BCUT2D eigenvalue weighted by Crippen LogP contribution is -2.30. The van der Waals surface area contributed by atoms with E-state index >= 15 is 0 Å². The third kappa shape index (κ3) is 7.71. The van der Waals surface area contributed by atoms with E-state index in [9.17, 15) is 4.79 Å². The number of fused-ring (bicyclic) bond motifs is 3. The number of pyridine rings is 1. The second-order valence-electron chi connectivity index (χ2n) is 9.25. The van der Waals surface area contributed by atoms with E-state index in [0.29, 0.717) is 18.6 Å². The van der Waals surface area contributed by atoms with Gasteiger partial charge in [-0.2, -0.15) is 0 Å². The van der Waals surface area contributed by atoms with Gasteiger partial charge in [-0.3, -0.25) is 14.6 Å². The molecule has 3 aromatic rings. The maximum Gasteiger partial charge on any atom is 0.256 e. The highest BCUT2D eigenvalue weighted by Crippen LogP contribution is 2.27. The Labute approximate surface area is 210 Å². The van der Waals surface area contributed by atoms with Crippen molar-refractivity contribution in [2.75, 3.05) is 52.5 Å². The molecule has 6 nitrogen and oxygen atoms in total. The fraction of sp³-hybridized carbons (Fsp3) is 0.552. The molecule has 0 spiro atoms. The van der Waals surface area contributed by atoms with Crippen LogP contribution in [-0.2, 0) is 0 Å². The molecular weight excluding hydrogens is 438 g/mol. The second-order valence-corrected chi connectivity index (χ2v) is 9.25. The SMILES string of the molecule is CCCN(CCC)CCOc1ccc2c(c1)[nH]c(=O)c1cc(OCCN(CCC)CCC)ccc12. The number of benzene rings is 2. The van der Waals surface area contributed by atoms with Crippen molar-refractivity contribution in [2.24, 2.45) is 0 Å². The highest BCUT2D eigenvalue weighted by Gasteiger charge is 2.10. The monoisotopic (exact) mass is 481 g/mol. The van der Waals surface area contributed by atoms with Crippen LogP contribution in [0.5, 0.6) is 11.5 Å². The van der Waals surface area contributed by atoms with Crippen LogP contribution in [0.1, 0.15) is 53.4 Å². The number of hydrogen-bond donors (Lipinski definition) is 1. The molecule has 1 heterocycles. The summed E-state index contributed by atoms with van der Waals surface area (Å²) in [6.07, 6.45) is 4.57. The number of H-pyrrole nitrogens is 1. The fourth-order valence-corrected chi connectivity index (χ4v) is 4.70. The van der Waals surface area contributed by atoms with Crippen LogP contribution in [0.2, 0.25) is 0 Å². The zero-order chi connectivity index (χ0) is 25.0. The zero-order valence-electron chi connectivity index (χ0n) is 22.1. The summed E-state index contributed by atoms with van der Waals surface area (Å²) < 4.78 is 12.0. The Kier molecular flexibility index (Phi) is 10.9. The minimum atomic E-state index is -0.106. The van der Waals surface area contributed by atoms with Crippen molar-refractivity contribution in [3.63, 3.8) is 0 Å². The van der Waals surface area contributed by atoms with E-state index < -0.39 is 0 Å². The molecule has 0 aliphatic carbocycles. The van der Waals surface area contributed by atoms with Gasteiger partial charge in [0.05, 0.1) is 10.9 Å². The number of aromatic nitrogens is 1. The highest BCUT2D eigenvalue weighted by molar-refractivity contribution is 6.05. The smallest absolute Gasteiger partial charge is 0.256 e. The topological polar surface area (TPSA) is 57.8 Å². The number of nitrogens with one attached hydrogen (secondary N) is 1. The largest absolute Gasteiger partial charge is 0.492 e. The van der Waals surface area contributed by atoms with E-state index in [1.807, 2.05) is 36.4 Å². The van der Waals surface area contributed by atoms with E-state index in [-0.39, 0.29) is 5.56 Å². The standard InChI is InChI=1S/C29H43N3O3/c1-5-13-31(14-6-2)17-19-34-23-9-11-25-26-12-10-24(22-28(26)30-29(33)27(25)21-23)35-20-18-32(15-7-3)16-8-4/h9-12,21-22H,5-8,13-20H2,1-4H3,(H,30,33). The van der Waals surface area contributed by atoms with Crippen molar-refractivity contribution < 1.29 is 9.47 Å². The quantitative estimate of drug-likeness (QED) is 0.267. The number of nitrogens with zero attached hydrogens (tertiary/aromatic N) is 2. The fourth-order valence-electron chi connectivity index (χ4n) is 4.70. The molecule has 192 valence electrons. The van der Waals surface area contributed by atoms with E-state index in [1.54, 1.807) is 0 Å². The molecule has 0 aliphatic rings. The maximum absolute atomic E-state index is 12.9. The lowest BCUT2D eigenvalue weighted by atomic mass is 10.1. The van der Waals surface area contributed by atoms with Gasteiger partial charge in [-0.15, -0.1) is 0 Å². The van der Waals surface area contributed by atoms with Crippen LogP contribution < -0.4 is 15.0 Å². The summed E-state index contributed by atoms with van der Waals surface area (Å²) >= 11 is 0. The minimum absolute atomic E-state index is 0.106. The highest BCUT2D eigenvalue weighted by atomic mass is 16.5. The average Bonchev–Trinajstić information content (AvgIpc) is 2.85. The number of ether oxygens (including phenoxy) is 2. The first-order chi connectivity index (χ1) is 17.1. The van der Waals surface area contributed by atoms with Gasteiger partial charge in [-0.25, -0.2) is 0 Å². The van der Waals surface area contributed by atoms with Gasteiger partial charge in [0.15, 0.2) is 0 Å². The van der Waals surface area contributed by atoms with E-state index in [2.05, 4.69) is 42.5 Å². The van der Waals surface area contributed by atoms with Gasteiger partial charge in [0.25, 0.3) is 5.56 Å². The van der Waals surface area contributed by atoms with Crippen molar-refractivity contribution in [2.45, 2.75) is 53.4 Å². The second kappa shape index (κ2) is 14.1. The Morgan fingerprint density at radius 1 is 0.629 bits per heavy atom. The lowest BCUT2D eigenvalue weighted by molar-refractivity contribution is 0.209. The Hall–Kier alpha value is -2.57. The summed E-state index contributed by atoms with van der Waals surface area (Å²) in [5, 5.41) is 2.59. The van der Waals surface area contributed by atoms with Crippen LogP contribution in [0.3, 0.4) is 0 Å². The van der Waals surface area contributed by atoms with Gasteiger partial charge in [0.1, 0.15) is 24.7 Å². The maximum atomic E-state index is 12.9. The Morgan fingerprint density at radius 3 is 1.63 bits per heavy atom. The molecule has 0 aliphatic heterocycles. The van der Waals surface area contributed by atoms with Crippen LogP contribution >= 0.6 is 0 Å². The van der Waals surface area contributed by atoms with Crippen LogP contribution in [0.25, 0.3) is 21.7 Å². The van der Waals surface area contributed by atoms with E-state index in [4.69, 9.17) is 9.47 Å². The number of hydrogen-bond acceptors (Lipinski definition) is 5. The molecule has 1 N–H and O–H groups in total. The van der Waals surface area contributed by atoms with Crippen LogP contribution in [0, 0.1) is 0 Å². The molecule has 1 aromatic heterocycles. The van der Waals surface area contributed by atoms with Gasteiger partial charge in [-0.05, 0) is 87.6 Å². The van der Waals surface area contributed by atoms with E-state index in [0.717, 1.165) is 92.7 Å².